The van der Waals surface area contributed by atoms with Crippen LogP contribution < -0.4 is 0 Å². The number of nitrogens with zero attached hydrogens (tertiary/aromatic N) is 2. The van der Waals surface area contributed by atoms with Gasteiger partial charge in [0.05, 0.1) is 12.6 Å². The number of ether oxygens (including phenoxy) is 1. The van der Waals surface area contributed by atoms with Crippen LogP contribution in [0.4, 0.5) is 13.2 Å². The first-order chi connectivity index (χ1) is 6.86. The molecule has 86 valence electrons. The summed E-state index contributed by atoms with van der Waals surface area (Å²) in [7, 11) is 1.51. The molecule has 0 radical (unpaired) electrons. The number of halogens is 3. The number of imidazole rings is 1. The van der Waals surface area contributed by atoms with Crippen LogP contribution in [-0.2, 0) is 10.9 Å². The van der Waals surface area contributed by atoms with Crippen LogP contribution in [0.1, 0.15) is 24.5 Å². The Morgan fingerprint density at radius 2 is 2.13 bits per heavy atom. The van der Waals surface area contributed by atoms with Gasteiger partial charge < -0.3 is 9.30 Å². The number of hydrogen-bond donors (Lipinski definition) is 0. The SMILES string of the molecule is COCC(C)n1cc(C(F)(F)F)nc1C. The lowest BCUT2D eigenvalue weighted by Gasteiger charge is -2.13. The molecule has 0 aromatic carbocycles. The van der Waals surface area contributed by atoms with Crippen molar-refractivity contribution in [1.82, 2.24) is 9.55 Å². The summed E-state index contributed by atoms with van der Waals surface area (Å²) in [5.74, 6) is 0.340. The van der Waals surface area contributed by atoms with E-state index < -0.39 is 11.9 Å². The Hall–Kier alpha value is -1.04. The van der Waals surface area contributed by atoms with Gasteiger partial charge >= 0.3 is 6.18 Å². The first-order valence-corrected chi connectivity index (χ1v) is 4.48. The van der Waals surface area contributed by atoms with Crippen molar-refractivity contribution in [3.8, 4) is 0 Å². The molecule has 1 aromatic heterocycles. The number of aryl methyl sites for hydroxylation is 1. The molecule has 0 spiro atoms. The largest absolute Gasteiger partial charge is 0.434 e. The molecule has 0 amide bonds. The van der Waals surface area contributed by atoms with Crippen molar-refractivity contribution in [3.05, 3.63) is 17.7 Å². The third-order valence-corrected chi connectivity index (χ3v) is 2.09. The maximum Gasteiger partial charge on any atom is 0.434 e. The van der Waals surface area contributed by atoms with Crippen molar-refractivity contribution in [3.63, 3.8) is 0 Å². The van der Waals surface area contributed by atoms with E-state index in [1.807, 2.05) is 0 Å². The van der Waals surface area contributed by atoms with E-state index in [1.165, 1.54) is 11.7 Å². The highest BCUT2D eigenvalue weighted by Gasteiger charge is 2.34. The highest BCUT2D eigenvalue weighted by atomic mass is 19.4. The summed E-state index contributed by atoms with van der Waals surface area (Å²) < 4.78 is 43.3. The fourth-order valence-corrected chi connectivity index (χ4v) is 1.39. The Balaban J connectivity index is 2.96. The molecule has 0 N–H and O–H groups in total. The summed E-state index contributed by atoms with van der Waals surface area (Å²) in [6, 6.07) is -0.154. The quantitative estimate of drug-likeness (QED) is 0.785. The van der Waals surface area contributed by atoms with Gasteiger partial charge in [-0.25, -0.2) is 4.98 Å². The van der Waals surface area contributed by atoms with E-state index in [-0.39, 0.29) is 6.04 Å². The van der Waals surface area contributed by atoms with E-state index in [1.54, 1.807) is 13.8 Å². The zero-order valence-electron chi connectivity index (χ0n) is 8.80. The third kappa shape index (κ3) is 2.71. The van der Waals surface area contributed by atoms with Gasteiger partial charge in [0.15, 0.2) is 5.69 Å². The van der Waals surface area contributed by atoms with E-state index in [0.29, 0.717) is 12.4 Å². The summed E-state index contributed by atoms with van der Waals surface area (Å²) in [4.78, 5) is 3.47. The molecule has 0 aliphatic rings. The molecule has 1 rings (SSSR count). The summed E-state index contributed by atoms with van der Waals surface area (Å²) in [6.45, 7) is 3.67. The zero-order chi connectivity index (χ0) is 11.6. The lowest BCUT2D eigenvalue weighted by molar-refractivity contribution is -0.141. The molecule has 1 aromatic rings. The average molecular weight is 222 g/mol. The molecule has 1 unspecified atom stereocenters. The van der Waals surface area contributed by atoms with Crippen molar-refractivity contribution in [2.75, 3.05) is 13.7 Å². The molecule has 0 aliphatic carbocycles. The fraction of sp³-hybridized carbons (Fsp3) is 0.667. The highest BCUT2D eigenvalue weighted by Crippen LogP contribution is 2.29. The second-order valence-electron chi connectivity index (χ2n) is 3.38. The monoisotopic (exact) mass is 222 g/mol. The van der Waals surface area contributed by atoms with Crippen molar-refractivity contribution in [2.45, 2.75) is 26.1 Å². The summed E-state index contributed by atoms with van der Waals surface area (Å²) in [6.07, 6.45) is -3.37. The van der Waals surface area contributed by atoms with Gasteiger partial charge in [0.25, 0.3) is 0 Å². The van der Waals surface area contributed by atoms with Gasteiger partial charge in [0.1, 0.15) is 5.82 Å². The Labute approximate surface area is 85.9 Å². The summed E-state index contributed by atoms with van der Waals surface area (Å²) in [5.41, 5.74) is -0.858. The van der Waals surface area contributed by atoms with Crippen LogP contribution in [0.2, 0.25) is 0 Å². The van der Waals surface area contributed by atoms with Crippen molar-refractivity contribution in [2.24, 2.45) is 0 Å². The van der Waals surface area contributed by atoms with E-state index in [9.17, 15) is 13.2 Å². The molecule has 0 aliphatic heterocycles. The van der Waals surface area contributed by atoms with Gasteiger partial charge in [0.2, 0.25) is 0 Å². The van der Waals surface area contributed by atoms with E-state index in [2.05, 4.69) is 4.98 Å². The van der Waals surface area contributed by atoms with E-state index in [0.717, 1.165) is 6.20 Å². The van der Waals surface area contributed by atoms with Crippen LogP contribution in [0.15, 0.2) is 6.20 Å². The predicted octanol–water partition coefficient (Wildman–Crippen LogP) is 2.42. The van der Waals surface area contributed by atoms with E-state index in [4.69, 9.17) is 4.74 Å². The Bertz CT molecular complexity index is 333. The van der Waals surface area contributed by atoms with Gasteiger partial charge in [0, 0.05) is 13.3 Å². The molecule has 3 nitrogen and oxygen atoms in total. The predicted molar refractivity (Wildman–Crippen MR) is 48.6 cm³/mol. The maximum atomic E-state index is 12.3. The van der Waals surface area contributed by atoms with Crippen LogP contribution in [0, 0.1) is 6.92 Å². The van der Waals surface area contributed by atoms with Crippen molar-refractivity contribution in [1.29, 1.82) is 0 Å². The lowest BCUT2D eigenvalue weighted by Crippen LogP contribution is -2.11. The molecule has 0 bridgehead atoms. The van der Waals surface area contributed by atoms with Crippen molar-refractivity contribution < 1.29 is 17.9 Å². The molecule has 15 heavy (non-hydrogen) atoms. The highest BCUT2D eigenvalue weighted by molar-refractivity contribution is 5.07. The van der Waals surface area contributed by atoms with Gasteiger partial charge in [-0.3, -0.25) is 0 Å². The van der Waals surface area contributed by atoms with Gasteiger partial charge in [-0.15, -0.1) is 0 Å². The van der Waals surface area contributed by atoms with Gasteiger partial charge in [-0.05, 0) is 13.8 Å². The van der Waals surface area contributed by atoms with Gasteiger partial charge in [-0.2, -0.15) is 13.2 Å². The Morgan fingerprint density at radius 3 is 2.53 bits per heavy atom. The number of aromatic nitrogens is 2. The van der Waals surface area contributed by atoms with Crippen molar-refractivity contribution >= 4 is 0 Å². The lowest BCUT2D eigenvalue weighted by atomic mass is 10.3. The smallest absolute Gasteiger partial charge is 0.383 e. The molecule has 1 atom stereocenters. The van der Waals surface area contributed by atoms with Crippen LogP contribution >= 0.6 is 0 Å². The number of alkyl halides is 3. The number of rotatable bonds is 3. The second kappa shape index (κ2) is 4.22. The first kappa shape index (κ1) is 12.0. The van der Waals surface area contributed by atoms with Gasteiger partial charge in [-0.1, -0.05) is 0 Å². The molecular weight excluding hydrogens is 209 g/mol. The molecule has 1 heterocycles. The van der Waals surface area contributed by atoms with E-state index >= 15 is 0 Å². The molecule has 0 saturated heterocycles. The standard InChI is InChI=1S/C9H13F3N2O/c1-6(5-15-3)14-4-8(9(10,11)12)13-7(14)2/h4,6H,5H2,1-3H3. The molecular formula is C9H13F3N2O. The third-order valence-electron chi connectivity index (χ3n) is 2.09. The Morgan fingerprint density at radius 1 is 1.53 bits per heavy atom. The topological polar surface area (TPSA) is 27.1 Å². The molecule has 0 saturated carbocycles. The number of methoxy groups -OCH3 is 1. The zero-order valence-corrected chi connectivity index (χ0v) is 8.80. The minimum absolute atomic E-state index is 0.154. The summed E-state index contributed by atoms with van der Waals surface area (Å²) in [5, 5.41) is 0. The Kier molecular flexibility index (Phi) is 3.38. The first-order valence-electron chi connectivity index (χ1n) is 4.48. The summed E-state index contributed by atoms with van der Waals surface area (Å²) >= 11 is 0. The molecule has 0 fully saturated rings. The maximum absolute atomic E-state index is 12.3. The van der Waals surface area contributed by atoms with Crippen LogP contribution in [0.5, 0.6) is 0 Å². The second-order valence-corrected chi connectivity index (χ2v) is 3.38. The molecule has 6 heteroatoms. The average Bonchev–Trinajstić information content (AvgIpc) is 2.47. The van der Waals surface area contributed by atoms with Crippen LogP contribution in [0.25, 0.3) is 0 Å². The number of hydrogen-bond acceptors (Lipinski definition) is 2. The van der Waals surface area contributed by atoms with Crippen LogP contribution in [0.3, 0.4) is 0 Å². The minimum atomic E-state index is -4.39. The normalized spacial score (nSPS) is 14.3. The minimum Gasteiger partial charge on any atom is -0.383 e. The van der Waals surface area contributed by atoms with Crippen LogP contribution in [-0.4, -0.2) is 23.3 Å². The fourth-order valence-electron chi connectivity index (χ4n) is 1.39.